The third-order valence-electron chi connectivity index (χ3n) is 7.05. The van der Waals surface area contributed by atoms with E-state index in [4.69, 9.17) is 18.9 Å². The van der Waals surface area contributed by atoms with E-state index in [1.165, 1.54) is 12.4 Å². The molecule has 2 aromatic carbocycles. The molecule has 0 spiro atoms. The minimum atomic E-state index is -1.32. The van der Waals surface area contributed by atoms with Crippen molar-refractivity contribution in [2.75, 3.05) is 39.2 Å². The number of carbonyl (C=O) groups is 1. The van der Waals surface area contributed by atoms with Crippen LogP contribution in [0.4, 0.5) is 11.5 Å². The van der Waals surface area contributed by atoms with Gasteiger partial charge in [-0.25, -0.2) is 9.97 Å². The molecule has 0 saturated carbocycles. The van der Waals surface area contributed by atoms with Gasteiger partial charge in [0.2, 0.25) is 5.91 Å². The van der Waals surface area contributed by atoms with Gasteiger partial charge < -0.3 is 34.3 Å². The molecule has 1 amide bonds. The smallest absolute Gasteiger partial charge is 0.245 e. The molecule has 10 heteroatoms. The van der Waals surface area contributed by atoms with Gasteiger partial charge in [0.05, 0.1) is 32.0 Å². The number of hydrogen-bond donors (Lipinski definition) is 2. The first-order valence-electron chi connectivity index (χ1n) is 12.7. The molecule has 2 saturated heterocycles. The predicted octanol–water partition coefficient (Wildman–Crippen LogP) is 3.90. The number of aliphatic hydroxyl groups is 1. The Labute approximate surface area is 221 Å². The Kier molecular flexibility index (Phi) is 7.35. The molecule has 0 radical (unpaired) electrons. The predicted molar refractivity (Wildman–Crippen MR) is 142 cm³/mol. The van der Waals surface area contributed by atoms with Gasteiger partial charge in [-0.1, -0.05) is 6.58 Å². The van der Waals surface area contributed by atoms with E-state index in [0.717, 1.165) is 11.8 Å². The number of likely N-dealkylation sites (tertiary alicyclic amines) is 1. The Morgan fingerprint density at radius 2 is 1.95 bits per heavy atom. The molecule has 10 nitrogen and oxygen atoms in total. The van der Waals surface area contributed by atoms with Crippen LogP contribution in [0.1, 0.15) is 31.2 Å². The molecule has 0 aliphatic carbocycles. The van der Waals surface area contributed by atoms with Gasteiger partial charge in [-0.2, -0.15) is 0 Å². The number of nitrogens with zero attached hydrogens (tertiary/aromatic N) is 3. The standard InChI is InChI=1S/C28H32N4O6/c1-4-26(33)32-11-8-19(9-12-32)38-25-15-20-21(16-24(25)36-3)29-17-30-27(20)31-22-14-18(6-7-23(22)35-2)28(34)10-5-13-37-28/h4,6-7,14-17,19,34H,1,5,8-13H2,2-3H3,(H,29,30,31)/t28-/m0/s1. The maximum atomic E-state index is 11.9. The third-order valence-corrected chi connectivity index (χ3v) is 7.05. The lowest BCUT2D eigenvalue weighted by Crippen LogP contribution is -2.41. The molecule has 1 aromatic heterocycles. The SMILES string of the molecule is C=CC(=O)N1CCC(Oc2cc3c(Nc4cc([C@]5(O)CCCO5)ccc4OC)ncnc3cc2OC)CC1. The van der Waals surface area contributed by atoms with E-state index in [-0.39, 0.29) is 12.0 Å². The summed E-state index contributed by atoms with van der Waals surface area (Å²) in [6, 6.07) is 9.09. The van der Waals surface area contributed by atoms with Crippen LogP contribution in [-0.4, -0.2) is 65.9 Å². The maximum absolute atomic E-state index is 11.9. The highest BCUT2D eigenvalue weighted by molar-refractivity contribution is 5.93. The minimum Gasteiger partial charge on any atom is -0.495 e. The largest absolute Gasteiger partial charge is 0.495 e. The summed E-state index contributed by atoms with van der Waals surface area (Å²) < 4.78 is 23.1. The summed E-state index contributed by atoms with van der Waals surface area (Å²) in [6.45, 7) is 5.29. The molecule has 2 aliphatic heterocycles. The normalized spacial score (nSPS) is 19.8. The molecule has 2 fully saturated rings. The van der Waals surface area contributed by atoms with Crippen molar-refractivity contribution in [3.63, 3.8) is 0 Å². The number of rotatable bonds is 8. The van der Waals surface area contributed by atoms with E-state index in [1.807, 2.05) is 18.2 Å². The van der Waals surface area contributed by atoms with E-state index < -0.39 is 5.79 Å². The monoisotopic (exact) mass is 520 g/mol. The molecular formula is C28H32N4O6. The van der Waals surface area contributed by atoms with Gasteiger partial charge in [0, 0.05) is 49.4 Å². The van der Waals surface area contributed by atoms with Crippen LogP contribution in [0.3, 0.4) is 0 Å². The second kappa shape index (κ2) is 10.8. The minimum absolute atomic E-state index is 0.0642. The lowest BCUT2D eigenvalue weighted by molar-refractivity contribution is -0.179. The molecule has 3 aromatic rings. The second-order valence-corrected chi connectivity index (χ2v) is 9.37. The number of amides is 1. The number of benzene rings is 2. The highest BCUT2D eigenvalue weighted by atomic mass is 16.6. The van der Waals surface area contributed by atoms with E-state index in [1.54, 1.807) is 31.3 Å². The van der Waals surface area contributed by atoms with Gasteiger partial charge in [0.25, 0.3) is 0 Å². The first-order valence-corrected chi connectivity index (χ1v) is 12.7. The third kappa shape index (κ3) is 5.09. The maximum Gasteiger partial charge on any atom is 0.245 e. The highest BCUT2D eigenvalue weighted by Gasteiger charge is 2.35. The van der Waals surface area contributed by atoms with Gasteiger partial charge in [-0.3, -0.25) is 4.79 Å². The first-order chi connectivity index (χ1) is 18.4. The van der Waals surface area contributed by atoms with Crippen LogP contribution in [0, 0.1) is 0 Å². The molecule has 0 bridgehead atoms. The summed E-state index contributed by atoms with van der Waals surface area (Å²) >= 11 is 0. The van der Waals surface area contributed by atoms with Crippen molar-refractivity contribution >= 4 is 28.3 Å². The molecule has 2 aliphatic rings. The Bertz CT molecular complexity index is 1330. The number of piperidine rings is 1. The number of carbonyl (C=O) groups excluding carboxylic acids is 1. The van der Waals surface area contributed by atoms with Crippen molar-refractivity contribution in [2.24, 2.45) is 0 Å². The van der Waals surface area contributed by atoms with Gasteiger partial charge in [0.1, 0.15) is 24.0 Å². The Morgan fingerprint density at radius 1 is 1.16 bits per heavy atom. The van der Waals surface area contributed by atoms with Crippen molar-refractivity contribution in [3.8, 4) is 17.2 Å². The summed E-state index contributed by atoms with van der Waals surface area (Å²) in [5.74, 6) is 0.881. The van der Waals surface area contributed by atoms with Crippen LogP contribution in [-0.2, 0) is 15.3 Å². The first kappa shape index (κ1) is 25.7. The van der Waals surface area contributed by atoms with Gasteiger partial charge in [-0.15, -0.1) is 0 Å². The Morgan fingerprint density at radius 3 is 2.63 bits per heavy atom. The quantitative estimate of drug-likeness (QED) is 0.427. The number of hydrogen-bond acceptors (Lipinski definition) is 9. The Balaban J connectivity index is 1.44. The lowest BCUT2D eigenvalue weighted by atomic mass is 10.0. The lowest BCUT2D eigenvalue weighted by Gasteiger charge is -2.31. The number of fused-ring (bicyclic) bond motifs is 1. The number of methoxy groups -OCH3 is 2. The summed E-state index contributed by atoms with van der Waals surface area (Å²) in [6.07, 6.45) is 5.46. The van der Waals surface area contributed by atoms with Crippen LogP contribution in [0.2, 0.25) is 0 Å². The molecule has 0 unspecified atom stereocenters. The molecule has 5 rings (SSSR count). The van der Waals surface area contributed by atoms with Crippen molar-refractivity contribution in [2.45, 2.75) is 37.6 Å². The van der Waals surface area contributed by atoms with E-state index in [2.05, 4.69) is 21.9 Å². The van der Waals surface area contributed by atoms with Crippen LogP contribution in [0.5, 0.6) is 17.2 Å². The van der Waals surface area contributed by atoms with Gasteiger partial charge in [-0.05, 0) is 36.8 Å². The van der Waals surface area contributed by atoms with E-state index in [9.17, 15) is 9.90 Å². The summed E-state index contributed by atoms with van der Waals surface area (Å²) in [5, 5.41) is 15.0. The topological polar surface area (TPSA) is 115 Å². The molecule has 1 atom stereocenters. The average Bonchev–Trinajstić information content (AvgIpc) is 3.40. The van der Waals surface area contributed by atoms with Crippen LogP contribution >= 0.6 is 0 Å². The number of ether oxygens (including phenoxy) is 4. The second-order valence-electron chi connectivity index (χ2n) is 9.37. The zero-order valence-electron chi connectivity index (χ0n) is 21.6. The fourth-order valence-corrected chi connectivity index (χ4v) is 4.95. The van der Waals surface area contributed by atoms with Crippen LogP contribution < -0.4 is 19.5 Å². The van der Waals surface area contributed by atoms with Crippen molar-refractivity contribution in [3.05, 3.63) is 54.9 Å². The summed E-state index contributed by atoms with van der Waals surface area (Å²) in [4.78, 5) is 22.6. The summed E-state index contributed by atoms with van der Waals surface area (Å²) in [5.41, 5.74) is 1.95. The van der Waals surface area contributed by atoms with Crippen molar-refractivity contribution in [1.82, 2.24) is 14.9 Å². The number of nitrogens with one attached hydrogen (secondary N) is 1. The number of aromatic nitrogens is 2. The van der Waals surface area contributed by atoms with E-state index in [0.29, 0.717) is 78.8 Å². The van der Waals surface area contributed by atoms with Gasteiger partial charge >= 0.3 is 0 Å². The number of anilines is 2. The van der Waals surface area contributed by atoms with Crippen molar-refractivity contribution < 1.29 is 28.8 Å². The van der Waals surface area contributed by atoms with Crippen LogP contribution in [0.15, 0.2) is 49.3 Å². The zero-order chi connectivity index (χ0) is 26.7. The fourth-order valence-electron chi connectivity index (χ4n) is 4.95. The average molecular weight is 521 g/mol. The van der Waals surface area contributed by atoms with Crippen molar-refractivity contribution in [1.29, 1.82) is 0 Å². The van der Waals surface area contributed by atoms with E-state index >= 15 is 0 Å². The highest BCUT2D eigenvalue weighted by Crippen LogP contribution is 2.40. The Hall–Kier alpha value is -3.89. The zero-order valence-corrected chi connectivity index (χ0v) is 21.6. The molecular weight excluding hydrogens is 488 g/mol. The molecule has 3 heterocycles. The molecule has 200 valence electrons. The van der Waals surface area contributed by atoms with Gasteiger partial charge in [0.15, 0.2) is 17.3 Å². The summed E-state index contributed by atoms with van der Waals surface area (Å²) in [7, 11) is 3.18. The molecule has 2 N–H and O–H groups in total. The van der Waals surface area contributed by atoms with Crippen LogP contribution in [0.25, 0.3) is 10.9 Å². The molecule has 38 heavy (non-hydrogen) atoms. The fraction of sp³-hybridized carbons (Fsp3) is 0.393.